The van der Waals surface area contributed by atoms with Gasteiger partial charge in [-0.1, -0.05) is 237 Å². The third-order valence-electron chi connectivity index (χ3n) is 15.5. The number of benzene rings is 12. The number of nitrogens with zero attached hydrogens (tertiary/aromatic N) is 2. The maximum Gasteiger partial charge on any atom is 0.0714 e. The van der Waals surface area contributed by atoms with Gasteiger partial charge in [0.25, 0.3) is 0 Å². The summed E-state index contributed by atoms with van der Waals surface area (Å²) < 4.78 is 2.39. The summed E-state index contributed by atoms with van der Waals surface area (Å²) in [5.74, 6) is 0. The fourth-order valence-electron chi connectivity index (χ4n) is 12.0. The van der Waals surface area contributed by atoms with E-state index >= 15 is 0 Å². The number of hydrogen-bond acceptors (Lipinski definition) is 1. The SMILES string of the molecule is c1ccc(-c2ccc(N(c3cccc(-c4ccc(-c5ccc6c(c5)c5ccccc5n6-c5ccc(-c6ccccc6)cc5)cc4)c3)c3ccc4c(c3)C(c3ccccc3)(c3ccccc3)c3ccccc3-4)cc2)cc1. The van der Waals surface area contributed by atoms with E-state index in [-0.39, 0.29) is 0 Å². The first-order chi connectivity index (χ1) is 37.2. The molecular weight excluding hydrogens is 905 g/mol. The molecular formula is C73H50N2. The number of para-hydroxylation sites is 1. The first-order valence-corrected chi connectivity index (χ1v) is 25.9. The van der Waals surface area contributed by atoms with Gasteiger partial charge < -0.3 is 9.47 Å². The summed E-state index contributed by atoms with van der Waals surface area (Å²) in [6.45, 7) is 0. The van der Waals surface area contributed by atoms with Gasteiger partial charge in [-0.2, -0.15) is 0 Å². The highest BCUT2D eigenvalue weighted by atomic mass is 15.1. The highest BCUT2D eigenvalue weighted by Crippen LogP contribution is 2.57. The van der Waals surface area contributed by atoms with E-state index in [0.29, 0.717) is 0 Å². The summed E-state index contributed by atoms with van der Waals surface area (Å²) in [5, 5.41) is 2.48. The summed E-state index contributed by atoms with van der Waals surface area (Å²) in [5.41, 5.74) is 23.4. The molecule has 0 fully saturated rings. The fourth-order valence-corrected chi connectivity index (χ4v) is 12.0. The lowest BCUT2D eigenvalue weighted by molar-refractivity contribution is 0.768. The van der Waals surface area contributed by atoms with Crippen molar-refractivity contribution in [3.8, 4) is 61.3 Å². The van der Waals surface area contributed by atoms with E-state index in [1.807, 2.05) is 0 Å². The molecule has 0 atom stereocenters. The molecule has 0 amide bonds. The van der Waals surface area contributed by atoms with Crippen molar-refractivity contribution in [2.75, 3.05) is 4.90 Å². The van der Waals surface area contributed by atoms with Gasteiger partial charge in [0.15, 0.2) is 0 Å². The van der Waals surface area contributed by atoms with E-state index in [2.05, 4.69) is 313 Å². The lowest BCUT2D eigenvalue weighted by Crippen LogP contribution is -2.28. The van der Waals surface area contributed by atoms with Gasteiger partial charge in [-0.25, -0.2) is 0 Å². The second-order valence-electron chi connectivity index (χ2n) is 19.6. The lowest BCUT2D eigenvalue weighted by atomic mass is 9.67. The third-order valence-corrected chi connectivity index (χ3v) is 15.5. The van der Waals surface area contributed by atoms with Crippen LogP contribution in [0.4, 0.5) is 17.1 Å². The molecule has 0 spiro atoms. The molecule has 2 nitrogen and oxygen atoms in total. The number of anilines is 3. The van der Waals surface area contributed by atoms with Crippen LogP contribution in [0.3, 0.4) is 0 Å². The highest BCUT2D eigenvalue weighted by Gasteiger charge is 2.46. The van der Waals surface area contributed by atoms with Crippen LogP contribution < -0.4 is 4.90 Å². The number of rotatable bonds is 10. The molecule has 2 heteroatoms. The Morgan fingerprint density at radius 2 is 0.693 bits per heavy atom. The van der Waals surface area contributed by atoms with Crippen molar-refractivity contribution in [1.29, 1.82) is 0 Å². The van der Waals surface area contributed by atoms with Gasteiger partial charge in [0.05, 0.1) is 16.4 Å². The zero-order chi connectivity index (χ0) is 49.7. The summed E-state index contributed by atoms with van der Waals surface area (Å²) in [7, 11) is 0. The first-order valence-electron chi connectivity index (χ1n) is 25.9. The van der Waals surface area contributed by atoms with Gasteiger partial charge in [0, 0.05) is 33.5 Å². The molecule has 1 aromatic heterocycles. The molecule has 0 N–H and O–H groups in total. The standard InChI is InChI=1S/C73H50N2/c1-5-18-51(19-6-1)53-36-41-61(42-37-53)74(64-45-46-66-65-28-13-15-30-69(65)73(70(66)50-64,59-23-9-3-10-24-59)60-25-11-4-12-26-60)63-27-17-22-57(48-63)55-32-34-56(35-33-55)58-40-47-72-68(49-58)67-29-14-16-31-71(67)75(72)62-43-38-54(39-44-62)52-20-7-2-8-21-52/h1-50H. The van der Waals surface area contributed by atoms with Gasteiger partial charge in [-0.05, 0) is 145 Å². The topological polar surface area (TPSA) is 8.17 Å². The second-order valence-corrected chi connectivity index (χ2v) is 19.6. The van der Waals surface area contributed by atoms with E-state index in [9.17, 15) is 0 Å². The van der Waals surface area contributed by atoms with Crippen molar-refractivity contribution >= 4 is 38.9 Å². The van der Waals surface area contributed by atoms with E-state index in [1.54, 1.807) is 0 Å². The van der Waals surface area contributed by atoms with Crippen LogP contribution in [-0.2, 0) is 5.41 Å². The minimum absolute atomic E-state index is 0.520. The van der Waals surface area contributed by atoms with E-state index in [0.717, 1.165) is 33.9 Å². The monoisotopic (exact) mass is 954 g/mol. The number of hydrogen-bond donors (Lipinski definition) is 0. The molecule has 1 aliphatic rings. The van der Waals surface area contributed by atoms with Crippen molar-refractivity contribution in [3.05, 3.63) is 326 Å². The van der Waals surface area contributed by atoms with Gasteiger partial charge in [-0.3, -0.25) is 0 Å². The summed E-state index contributed by atoms with van der Waals surface area (Å²) in [6, 6.07) is 111. The van der Waals surface area contributed by atoms with Gasteiger partial charge in [0.1, 0.15) is 0 Å². The summed E-state index contributed by atoms with van der Waals surface area (Å²) >= 11 is 0. The van der Waals surface area contributed by atoms with Crippen molar-refractivity contribution in [2.45, 2.75) is 5.41 Å². The summed E-state index contributed by atoms with van der Waals surface area (Å²) in [4.78, 5) is 2.43. The molecule has 12 aromatic carbocycles. The molecule has 75 heavy (non-hydrogen) atoms. The maximum atomic E-state index is 2.46. The maximum absolute atomic E-state index is 2.46. The molecule has 1 aliphatic carbocycles. The van der Waals surface area contributed by atoms with E-state index in [4.69, 9.17) is 0 Å². The Balaban J connectivity index is 0.851. The van der Waals surface area contributed by atoms with Crippen LogP contribution in [-0.4, -0.2) is 4.57 Å². The van der Waals surface area contributed by atoms with Crippen LogP contribution >= 0.6 is 0 Å². The predicted molar refractivity (Wildman–Crippen MR) is 315 cm³/mol. The Morgan fingerprint density at radius 1 is 0.253 bits per heavy atom. The lowest BCUT2D eigenvalue weighted by Gasteiger charge is -2.35. The minimum atomic E-state index is -0.520. The first kappa shape index (κ1) is 44.0. The van der Waals surface area contributed by atoms with E-state index < -0.39 is 5.41 Å². The van der Waals surface area contributed by atoms with Crippen LogP contribution in [0.2, 0.25) is 0 Å². The van der Waals surface area contributed by atoms with Crippen LogP contribution in [0.1, 0.15) is 22.3 Å². The smallest absolute Gasteiger partial charge is 0.0714 e. The van der Waals surface area contributed by atoms with Crippen molar-refractivity contribution in [1.82, 2.24) is 4.57 Å². The number of aromatic nitrogens is 1. The molecule has 13 aromatic rings. The van der Waals surface area contributed by atoms with Crippen LogP contribution in [0.15, 0.2) is 303 Å². The van der Waals surface area contributed by atoms with Crippen LogP contribution in [0, 0.1) is 0 Å². The van der Waals surface area contributed by atoms with Crippen molar-refractivity contribution < 1.29 is 0 Å². The van der Waals surface area contributed by atoms with Gasteiger partial charge in [0.2, 0.25) is 0 Å². The zero-order valence-corrected chi connectivity index (χ0v) is 41.3. The Kier molecular flexibility index (Phi) is 10.8. The fraction of sp³-hybridized carbons (Fsp3) is 0.0137. The Labute approximate surface area is 438 Å². The minimum Gasteiger partial charge on any atom is -0.310 e. The Bertz CT molecular complexity index is 4140. The van der Waals surface area contributed by atoms with Crippen molar-refractivity contribution in [2.24, 2.45) is 0 Å². The quantitative estimate of drug-likeness (QED) is 0.133. The van der Waals surface area contributed by atoms with Crippen LogP contribution in [0.25, 0.3) is 83.1 Å². The predicted octanol–water partition coefficient (Wildman–Crippen LogP) is 19.3. The Hall–Kier alpha value is -9.76. The molecule has 0 bridgehead atoms. The highest BCUT2D eigenvalue weighted by molar-refractivity contribution is 6.10. The molecule has 0 radical (unpaired) electrons. The largest absolute Gasteiger partial charge is 0.310 e. The van der Waals surface area contributed by atoms with Crippen LogP contribution in [0.5, 0.6) is 0 Å². The molecule has 1 heterocycles. The molecule has 0 unspecified atom stereocenters. The van der Waals surface area contributed by atoms with Gasteiger partial charge in [-0.15, -0.1) is 0 Å². The average Bonchev–Trinajstić information content (AvgIpc) is 4.01. The Morgan fingerprint density at radius 3 is 1.35 bits per heavy atom. The summed E-state index contributed by atoms with van der Waals surface area (Å²) in [6.07, 6.45) is 0. The molecule has 352 valence electrons. The van der Waals surface area contributed by atoms with Gasteiger partial charge >= 0.3 is 0 Å². The second kappa shape index (κ2) is 18.4. The number of fused-ring (bicyclic) bond motifs is 6. The molecule has 0 saturated heterocycles. The molecule has 0 aliphatic heterocycles. The van der Waals surface area contributed by atoms with Crippen molar-refractivity contribution in [3.63, 3.8) is 0 Å². The normalized spacial score (nSPS) is 12.4. The molecule has 0 saturated carbocycles. The van der Waals surface area contributed by atoms with E-state index in [1.165, 1.54) is 88.6 Å². The third kappa shape index (κ3) is 7.49. The zero-order valence-electron chi connectivity index (χ0n) is 41.3. The molecule has 14 rings (SSSR count). The average molecular weight is 955 g/mol.